The molecule has 7 nitrogen and oxygen atoms in total. The van der Waals surface area contributed by atoms with Gasteiger partial charge in [-0.3, -0.25) is 14.9 Å². The molecule has 0 aromatic carbocycles. The molecule has 0 bridgehead atoms. The van der Waals surface area contributed by atoms with Crippen LogP contribution in [0.15, 0.2) is 0 Å². The lowest BCUT2D eigenvalue weighted by Gasteiger charge is -1.97. The van der Waals surface area contributed by atoms with Crippen LogP contribution in [0.5, 0.6) is 0 Å². The zero-order valence-electron chi connectivity index (χ0n) is 8.60. The number of methoxy groups -OCH3 is 1. The maximum Gasteiger partial charge on any atom is 0.303 e. The minimum absolute atomic E-state index is 0.000646. The van der Waals surface area contributed by atoms with Gasteiger partial charge < -0.3 is 9.84 Å². The van der Waals surface area contributed by atoms with E-state index in [0.29, 0.717) is 16.6 Å². The van der Waals surface area contributed by atoms with Crippen molar-refractivity contribution in [2.75, 3.05) is 19.0 Å². The number of aliphatic carboxylic acids is 1. The molecule has 0 aliphatic rings. The van der Waals surface area contributed by atoms with E-state index in [-0.39, 0.29) is 18.9 Å². The number of nitrogens with one attached hydrogen (secondary N) is 1. The largest absolute Gasteiger partial charge is 0.481 e. The molecule has 0 atom stereocenters. The van der Waals surface area contributed by atoms with E-state index in [0.717, 1.165) is 11.3 Å². The Labute approximate surface area is 95.4 Å². The van der Waals surface area contributed by atoms with Crippen LogP contribution >= 0.6 is 11.3 Å². The summed E-state index contributed by atoms with van der Waals surface area (Å²) >= 11 is 1.16. The molecule has 2 N–H and O–H groups in total. The molecule has 0 unspecified atom stereocenters. The fourth-order valence-corrected chi connectivity index (χ4v) is 1.66. The van der Waals surface area contributed by atoms with Crippen LogP contribution in [0.3, 0.4) is 0 Å². The highest BCUT2D eigenvalue weighted by atomic mass is 32.1. The van der Waals surface area contributed by atoms with E-state index in [2.05, 4.69) is 20.3 Å². The molecule has 1 amide bonds. The number of anilines is 1. The van der Waals surface area contributed by atoms with Gasteiger partial charge in [0.05, 0.1) is 6.42 Å². The number of carboxylic acids is 1. The van der Waals surface area contributed by atoms with E-state index in [1.54, 1.807) is 0 Å². The van der Waals surface area contributed by atoms with Crippen LogP contribution in [0.2, 0.25) is 0 Å². The monoisotopic (exact) mass is 245 g/mol. The summed E-state index contributed by atoms with van der Waals surface area (Å²) in [6.45, 7) is -0.0515. The van der Waals surface area contributed by atoms with Gasteiger partial charge >= 0.3 is 5.97 Å². The summed E-state index contributed by atoms with van der Waals surface area (Å²) < 4.78 is 4.63. The molecule has 1 rings (SSSR count). The predicted octanol–water partition coefficient (Wildman–Crippen LogP) is 0.140. The van der Waals surface area contributed by atoms with Gasteiger partial charge in [0, 0.05) is 13.5 Å². The van der Waals surface area contributed by atoms with Crippen molar-refractivity contribution >= 4 is 28.3 Å². The van der Waals surface area contributed by atoms with E-state index in [4.69, 9.17) is 5.11 Å². The molecule has 8 heteroatoms. The first-order chi connectivity index (χ1) is 7.61. The van der Waals surface area contributed by atoms with Gasteiger partial charge in [0.15, 0.2) is 0 Å². The average Bonchev–Trinajstić information content (AvgIpc) is 2.63. The molecule has 1 aromatic rings. The van der Waals surface area contributed by atoms with Crippen LogP contribution in [-0.4, -0.2) is 40.9 Å². The van der Waals surface area contributed by atoms with Gasteiger partial charge in [-0.15, -0.1) is 10.2 Å². The normalized spacial score (nSPS) is 10.1. The quantitative estimate of drug-likeness (QED) is 0.739. The zero-order chi connectivity index (χ0) is 12.0. The third-order valence-electron chi connectivity index (χ3n) is 1.54. The molecule has 0 aliphatic heterocycles. The van der Waals surface area contributed by atoms with Crippen LogP contribution in [0, 0.1) is 0 Å². The molecule has 0 radical (unpaired) electrons. The van der Waals surface area contributed by atoms with Crippen molar-refractivity contribution in [1.82, 2.24) is 10.2 Å². The molecule has 88 valence electrons. The minimum Gasteiger partial charge on any atom is -0.481 e. The third-order valence-corrected chi connectivity index (χ3v) is 2.44. The smallest absolute Gasteiger partial charge is 0.303 e. The first-order valence-corrected chi connectivity index (χ1v) is 5.26. The van der Waals surface area contributed by atoms with Crippen LogP contribution in [0.25, 0.3) is 0 Å². The SMILES string of the molecule is COCC(=O)Nc1nnc(CCC(=O)O)s1. The Balaban J connectivity index is 2.45. The van der Waals surface area contributed by atoms with Crippen LogP contribution in [0.1, 0.15) is 11.4 Å². The maximum absolute atomic E-state index is 11.1. The van der Waals surface area contributed by atoms with E-state index in [9.17, 15) is 9.59 Å². The van der Waals surface area contributed by atoms with Crippen LogP contribution < -0.4 is 5.32 Å². The highest BCUT2D eigenvalue weighted by molar-refractivity contribution is 7.15. The fourth-order valence-electron chi connectivity index (χ4n) is 0.905. The van der Waals surface area contributed by atoms with Crippen LogP contribution in [0.4, 0.5) is 5.13 Å². The number of rotatable bonds is 6. The molecule has 0 spiro atoms. The Bertz CT molecular complexity index is 379. The van der Waals surface area contributed by atoms with Crippen molar-refractivity contribution < 1.29 is 19.4 Å². The van der Waals surface area contributed by atoms with E-state index < -0.39 is 5.97 Å². The van der Waals surface area contributed by atoms with Gasteiger partial charge in [0.25, 0.3) is 5.91 Å². The minimum atomic E-state index is -0.889. The Morgan fingerprint density at radius 2 is 2.25 bits per heavy atom. The second-order valence-electron chi connectivity index (χ2n) is 2.88. The van der Waals surface area contributed by atoms with Crippen molar-refractivity contribution in [2.45, 2.75) is 12.8 Å². The summed E-state index contributed by atoms with van der Waals surface area (Å²) in [5, 5.41) is 19.3. The summed E-state index contributed by atoms with van der Waals surface area (Å²) in [7, 11) is 1.41. The summed E-state index contributed by atoms with van der Waals surface area (Å²) in [5.74, 6) is -1.20. The van der Waals surface area contributed by atoms with Gasteiger partial charge in [-0.2, -0.15) is 0 Å². The standard InChI is InChI=1S/C8H11N3O4S/c1-15-4-5(12)9-8-11-10-6(16-8)2-3-7(13)14/h2-4H2,1H3,(H,13,14)(H,9,11,12). The Hall–Kier alpha value is -1.54. The number of ether oxygens (including phenoxy) is 1. The summed E-state index contributed by atoms with van der Waals surface area (Å²) in [5.41, 5.74) is 0. The molecule has 0 saturated carbocycles. The lowest BCUT2D eigenvalue weighted by Crippen LogP contribution is -2.16. The molecule has 1 heterocycles. The number of hydrogen-bond donors (Lipinski definition) is 2. The second kappa shape index (κ2) is 6.13. The van der Waals surface area contributed by atoms with Crippen molar-refractivity contribution in [3.05, 3.63) is 5.01 Å². The molecule has 0 aliphatic carbocycles. The molecule has 0 saturated heterocycles. The maximum atomic E-state index is 11.1. The topological polar surface area (TPSA) is 101 Å². The number of aryl methyl sites for hydroxylation is 1. The van der Waals surface area contributed by atoms with Crippen molar-refractivity contribution in [2.24, 2.45) is 0 Å². The van der Waals surface area contributed by atoms with Gasteiger partial charge in [0.1, 0.15) is 11.6 Å². The second-order valence-corrected chi connectivity index (χ2v) is 3.94. The zero-order valence-corrected chi connectivity index (χ0v) is 9.41. The molecule has 1 aromatic heterocycles. The Morgan fingerprint density at radius 3 is 2.88 bits per heavy atom. The fraction of sp³-hybridized carbons (Fsp3) is 0.500. The summed E-state index contributed by atoms with van der Waals surface area (Å²) in [6, 6.07) is 0. The van der Waals surface area contributed by atoms with E-state index >= 15 is 0 Å². The number of hydrogen-bond acceptors (Lipinski definition) is 6. The molecular weight excluding hydrogens is 234 g/mol. The summed E-state index contributed by atoms with van der Waals surface area (Å²) in [6.07, 6.45) is 0.313. The number of carboxylic acid groups (broad SMARTS) is 1. The average molecular weight is 245 g/mol. The highest BCUT2D eigenvalue weighted by Gasteiger charge is 2.08. The molecule has 16 heavy (non-hydrogen) atoms. The van der Waals surface area contributed by atoms with Crippen LogP contribution in [-0.2, 0) is 20.7 Å². The van der Waals surface area contributed by atoms with Gasteiger partial charge in [0.2, 0.25) is 5.13 Å². The number of carbonyl (C=O) groups excluding carboxylic acids is 1. The number of carbonyl (C=O) groups is 2. The van der Waals surface area contributed by atoms with Crippen molar-refractivity contribution in [3.63, 3.8) is 0 Å². The van der Waals surface area contributed by atoms with Gasteiger partial charge in [-0.25, -0.2) is 0 Å². The first-order valence-electron chi connectivity index (χ1n) is 4.44. The number of nitrogens with zero attached hydrogens (tertiary/aromatic N) is 2. The van der Waals surface area contributed by atoms with Crippen molar-refractivity contribution in [3.8, 4) is 0 Å². The van der Waals surface area contributed by atoms with Gasteiger partial charge in [-0.1, -0.05) is 11.3 Å². The van der Waals surface area contributed by atoms with Gasteiger partial charge in [-0.05, 0) is 0 Å². The molecular formula is C8H11N3O4S. The lowest BCUT2D eigenvalue weighted by molar-refractivity contribution is -0.137. The van der Waals surface area contributed by atoms with E-state index in [1.807, 2.05) is 0 Å². The number of aromatic nitrogens is 2. The number of amides is 1. The third kappa shape index (κ3) is 4.32. The van der Waals surface area contributed by atoms with Crippen molar-refractivity contribution in [1.29, 1.82) is 0 Å². The Kier molecular flexibility index (Phi) is 4.80. The van der Waals surface area contributed by atoms with E-state index in [1.165, 1.54) is 7.11 Å². The summed E-state index contributed by atoms with van der Waals surface area (Å²) in [4.78, 5) is 21.4. The predicted molar refractivity (Wildman–Crippen MR) is 56.4 cm³/mol. The first kappa shape index (κ1) is 12.5. The Morgan fingerprint density at radius 1 is 1.50 bits per heavy atom. The molecule has 0 fully saturated rings. The highest BCUT2D eigenvalue weighted by Crippen LogP contribution is 2.16. The lowest BCUT2D eigenvalue weighted by atomic mass is 10.3.